The number of aromatic nitrogens is 1. The van der Waals surface area contributed by atoms with Crippen LogP contribution in [0.3, 0.4) is 0 Å². The van der Waals surface area contributed by atoms with Crippen molar-refractivity contribution in [1.29, 1.82) is 0 Å². The molecule has 1 N–H and O–H groups in total. The summed E-state index contributed by atoms with van der Waals surface area (Å²) in [4.78, 5) is 16.1. The monoisotopic (exact) mass is 288 g/mol. The molecule has 2 rings (SSSR count). The summed E-state index contributed by atoms with van der Waals surface area (Å²) in [6.07, 6.45) is 1.74. The van der Waals surface area contributed by atoms with Gasteiger partial charge in [0.1, 0.15) is 18.4 Å². The molecule has 1 aromatic carbocycles. The molecule has 0 amide bonds. The Morgan fingerprint density at radius 3 is 2.90 bits per heavy atom. The van der Waals surface area contributed by atoms with E-state index in [2.05, 4.69) is 10.3 Å². The van der Waals surface area contributed by atoms with Crippen LogP contribution in [0.25, 0.3) is 10.9 Å². The molecular formula is C16H20N2O3. The van der Waals surface area contributed by atoms with Crippen LogP contribution in [0.5, 0.6) is 5.75 Å². The Bertz CT molecular complexity index is 596. The minimum Gasteiger partial charge on any atom is -0.491 e. The highest BCUT2D eigenvalue weighted by molar-refractivity contribution is 5.84. The zero-order chi connectivity index (χ0) is 15.1. The van der Waals surface area contributed by atoms with Crippen molar-refractivity contribution in [2.45, 2.75) is 19.9 Å². The Labute approximate surface area is 124 Å². The Morgan fingerprint density at radius 2 is 2.14 bits per heavy atom. The van der Waals surface area contributed by atoms with Crippen molar-refractivity contribution < 1.29 is 14.3 Å². The predicted molar refractivity (Wildman–Crippen MR) is 81.3 cm³/mol. The summed E-state index contributed by atoms with van der Waals surface area (Å²) in [6.45, 7) is 4.98. The number of hydrogen-bond acceptors (Lipinski definition) is 5. The first kappa shape index (κ1) is 15.3. The van der Waals surface area contributed by atoms with Gasteiger partial charge in [-0.1, -0.05) is 13.0 Å². The SMILES string of the molecule is CCNC(COc1cccc2ncccc12)C(=O)OCC. The van der Waals surface area contributed by atoms with E-state index in [1.807, 2.05) is 37.3 Å². The Morgan fingerprint density at radius 1 is 1.29 bits per heavy atom. The van der Waals surface area contributed by atoms with Crippen LogP contribution in [0.15, 0.2) is 36.5 Å². The third kappa shape index (κ3) is 3.92. The zero-order valence-corrected chi connectivity index (χ0v) is 12.3. The number of fused-ring (bicyclic) bond motifs is 1. The largest absolute Gasteiger partial charge is 0.491 e. The maximum atomic E-state index is 11.8. The van der Waals surface area contributed by atoms with E-state index >= 15 is 0 Å². The van der Waals surface area contributed by atoms with E-state index in [-0.39, 0.29) is 12.6 Å². The molecule has 112 valence electrons. The second-order valence-corrected chi connectivity index (χ2v) is 4.50. The molecule has 0 saturated carbocycles. The summed E-state index contributed by atoms with van der Waals surface area (Å²) in [5.41, 5.74) is 0.867. The van der Waals surface area contributed by atoms with Gasteiger partial charge in [0.2, 0.25) is 0 Å². The second kappa shape index (κ2) is 7.59. The van der Waals surface area contributed by atoms with Crippen molar-refractivity contribution in [3.63, 3.8) is 0 Å². The summed E-state index contributed by atoms with van der Waals surface area (Å²) in [6, 6.07) is 9.03. The van der Waals surface area contributed by atoms with Gasteiger partial charge in [-0.15, -0.1) is 0 Å². The fourth-order valence-electron chi connectivity index (χ4n) is 2.07. The van der Waals surface area contributed by atoms with Crippen LogP contribution in [-0.4, -0.2) is 36.8 Å². The molecule has 0 radical (unpaired) electrons. The van der Waals surface area contributed by atoms with Crippen LogP contribution in [-0.2, 0) is 9.53 Å². The quantitative estimate of drug-likeness (QED) is 0.791. The smallest absolute Gasteiger partial charge is 0.326 e. The molecule has 1 aromatic heterocycles. The van der Waals surface area contributed by atoms with Crippen molar-refractivity contribution in [2.75, 3.05) is 19.8 Å². The highest BCUT2D eigenvalue weighted by atomic mass is 16.5. The zero-order valence-electron chi connectivity index (χ0n) is 12.3. The van der Waals surface area contributed by atoms with Crippen molar-refractivity contribution in [2.24, 2.45) is 0 Å². The molecule has 0 aliphatic rings. The third-order valence-corrected chi connectivity index (χ3v) is 3.03. The average Bonchev–Trinajstić information content (AvgIpc) is 2.51. The number of carbonyl (C=O) groups excluding carboxylic acids is 1. The van der Waals surface area contributed by atoms with E-state index in [4.69, 9.17) is 9.47 Å². The molecule has 2 aromatic rings. The van der Waals surface area contributed by atoms with Gasteiger partial charge in [0, 0.05) is 11.6 Å². The fourth-order valence-corrected chi connectivity index (χ4v) is 2.07. The van der Waals surface area contributed by atoms with Crippen LogP contribution >= 0.6 is 0 Å². The number of hydrogen-bond donors (Lipinski definition) is 1. The van der Waals surface area contributed by atoms with Gasteiger partial charge in [-0.25, -0.2) is 0 Å². The number of rotatable bonds is 7. The number of esters is 1. The molecule has 0 spiro atoms. The van der Waals surface area contributed by atoms with Crippen LogP contribution in [0, 0.1) is 0 Å². The molecule has 0 saturated heterocycles. The lowest BCUT2D eigenvalue weighted by atomic mass is 10.2. The number of benzene rings is 1. The van der Waals surface area contributed by atoms with Gasteiger partial charge in [-0.05, 0) is 37.7 Å². The highest BCUT2D eigenvalue weighted by Gasteiger charge is 2.19. The van der Waals surface area contributed by atoms with Crippen molar-refractivity contribution in [3.8, 4) is 5.75 Å². The lowest BCUT2D eigenvalue weighted by molar-refractivity contribution is -0.146. The van der Waals surface area contributed by atoms with E-state index in [9.17, 15) is 4.79 Å². The van der Waals surface area contributed by atoms with Crippen LogP contribution in [0.1, 0.15) is 13.8 Å². The lowest BCUT2D eigenvalue weighted by Crippen LogP contribution is -2.42. The minimum absolute atomic E-state index is 0.223. The number of carbonyl (C=O) groups is 1. The first-order chi connectivity index (χ1) is 10.3. The lowest BCUT2D eigenvalue weighted by Gasteiger charge is -2.17. The minimum atomic E-state index is -0.470. The van der Waals surface area contributed by atoms with Gasteiger partial charge in [0.25, 0.3) is 0 Å². The Balaban J connectivity index is 2.10. The third-order valence-electron chi connectivity index (χ3n) is 3.03. The number of likely N-dealkylation sites (N-methyl/N-ethyl adjacent to an activating group) is 1. The number of nitrogens with zero attached hydrogens (tertiary/aromatic N) is 1. The van der Waals surface area contributed by atoms with Gasteiger partial charge in [0.15, 0.2) is 0 Å². The van der Waals surface area contributed by atoms with Gasteiger partial charge >= 0.3 is 5.97 Å². The summed E-state index contributed by atoms with van der Waals surface area (Å²) in [5.74, 6) is 0.422. The number of ether oxygens (including phenoxy) is 2. The molecule has 0 bridgehead atoms. The van der Waals surface area contributed by atoms with E-state index < -0.39 is 6.04 Å². The summed E-state index contributed by atoms with van der Waals surface area (Å²) in [7, 11) is 0. The van der Waals surface area contributed by atoms with Gasteiger partial charge in [0.05, 0.1) is 12.1 Å². The standard InChI is InChI=1S/C16H20N2O3/c1-3-17-14(16(19)20-4-2)11-21-15-9-5-8-13-12(15)7-6-10-18-13/h5-10,14,17H,3-4,11H2,1-2H3. The van der Waals surface area contributed by atoms with Gasteiger partial charge in [-0.3, -0.25) is 9.78 Å². The maximum Gasteiger partial charge on any atom is 0.326 e. The Hall–Kier alpha value is -2.14. The molecular weight excluding hydrogens is 268 g/mol. The van der Waals surface area contributed by atoms with E-state index in [0.717, 1.165) is 10.9 Å². The van der Waals surface area contributed by atoms with Crippen molar-refractivity contribution >= 4 is 16.9 Å². The molecule has 1 unspecified atom stereocenters. The Kier molecular flexibility index (Phi) is 5.51. The van der Waals surface area contributed by atoms with Crippen molar-refractivity contribution in [3.05, 3.63) is 36.5 Å². The number of pyridine rings is 1. The van der Waals surface area contributed by atoms with Crippen LogP contribution in [0.4, 0.5) is 0 Å². The summed E-state index contributed by atoms with van der Waals surface area (Å²) >= 11 is 0. The van der Waals surface area contributed by atoms with Gasteiger partial charge < -0.3 is 14.8 Å². The molecule has 0 aliphatic carbocycles. The van der Waals surface area contributed by atoms with E-state index in [1.165, 1.54) is 0 Å². The predicted octanol–water partition coefficient (Wildman–Crippen LogP) is 2.15. The maximum absolute atomic E-state index is 11.8. The molecule has 21 heavy (non-hydrogen) atoms. The molecule has 1 heterocycles. The van der Waals surface area contributed by atoms with Gasteiger partial charge in [-0.2, -0.15) is 0 Å². The van der Waals surface area contributed by atoms with Crippen LogP contribution < -0.4 is 10.1 Å². The summed E-state index contributed by atoms with van der Waals surface area (Å²) < 4.78 is 10.8. The van der Waals surface area contributed by atoms with E-state index in [1.54, 1.807) is 13.1 Å². The summed E-state index contributed by atoms with van der Waals surface area (Å²) in [5, 5.41) is 4.00. The second-order valence-electron chi connectivity index (χ2n) is 4.50. The van der Waals surface area contributed by atoms with Crippen molar-refractivity contribution in [1.82, 2.24) is 10.3 Å². The highest BCUT2D eigenvalue weighted by Crippen LogP contribution is 2.23. The first-order valence-corrected chi connectivity index (χ1v) is 7.12. The first-order valence-electron chi connectivity index (χ1n) is 7.12. The van der Waals surface area contributed by atoms with Crippen LogP contribution in [0.2, 0.25) is 0 Å². The topological polar surface area (TPSA) is 60.5 Å². The average molecular weight is 288 g/mol. The normalized spacial score (nSPS) is 12.1. The number of nitrogens with one attached hydrogen (secondary N) is 1. The fraction of sp³-hybridized carbons (Fsp3) is 0.375. The molecule has 5 heteroatoms. The molecule has 0 fully saturated rings. The van der Waals surface area contributed by atoms with E-state index in [0.29, 0.717) is 18.9 Å². The molecule has 1 atom stereocenters. The molecule has 0 aliphatic heterocycles. The molecule has 5 nitrogen and oxygen atoms in total.